The van der Waals surface area contributed by atoms with Crippen molar-refractivity contribution in [3.63, 3.8) is 0 Å². The summed E-state index contributed by atoms with van der Waals surface area (Å²) in [4.78, 5) is 37.6. The molecule has 0 radical (unpaired) electrons. The van der Waals surface area contributed by atoms with Crippen molar-refractivity contribution in [3.05, 3.63) is 129 Å². The Morgan fingerprint density at radius 2 is 1.31 bits per heavy atom. The van der Waals surface area contributed by atoms with Gasteiger partial charge in [-0.2, -0.15) is 5.10 Å². The Morgan fingerprint density at radius 3 is 1.94 bits per heavy atom. The van der Waals surface area contributed by atoms with E-state index in [-0.39, 0.29) is 17.4 Å². The first-order valence-corrected chi connectivity index (χ1v) is 11.9. The van der Waals surface area contributed by atoms with E-state index in [1.165, 1.54) is 12.3 Å². The summed E-state index contributed by atoms with van der Waals surface area (Å²) in [6.07, 6.45) is 1.35. The Kier molecular flexibility index (Phi) is 8.20. The SMILES string of the molecule is O=C(Oc1ccc(/C=N\NC(=O)c2ccccc2I)c(OC(=O)c2ccccc2)c1)c1ccccc1. The predicted molar refractivity (Wildman–Crippen MR) is 143 cm³/mol. The second-order valence-corrected chi connectivity index (χ2v) is 8.55. The fraction of sp³-hybridized carbons (Fsp3) is 0. The minimum absolute atomic E-state index is 0.106. The summed E-state index contributed by atoms with van der Waals surface area (Å²) in [6.45, 7) is 0. The highest BCUT2D eigenvalue weighted by Gasteiger charge is 2.15. The zero-order valence-corrected chi connectivity index (χ0v) is 20.9. The monoisotopic (exact) mass is 590 g/mol. The van der Waals surface area contributed by atoms with E-state index in [4.69, 9.17) is 9.47 Å². The van der Waals surface area contributed by atoms with Crippen molar-refractivity contribution in [2.45, 2.75) is 0 Å². The van der Waals surface area contributed by atoms with E-state index in [2.05, 4.69) is 33.1 Å². The molecule has 0 unspecified atom stereocenters. The molecule has 7 nitrogen and oxygen atoms in total. The van der Waals surface area contributed by atoms with Crippen LogP contribution in [0.3, 0.4) is 0 Å². The van der Waals surface area contributed by atoms with Crippen molar-refractivity contribution in [1.29, 1.82) is 0 Å². The van der Waals surface area contributed by atoms with Crippen LogP contribution in [0.25, 0.3) is 0 Å². The zero-order chi connectivity index (χ0) is 25.3. The van der Waals surface area contributed by atoms with Gasteiger partial charge in [0.15, 0.2) is 0 Å². The second-order valence-electron chi connectivity index (χ2n) is 7.39. The lowest BCUT2D eigenvalue weighted by atomic mass is 10.2. The fourth-order valence-electron chi connectivity index (χ4n) is 3.11. The maximum atomic E-state index is 12.7. The van der Waals surface area contributed by atoms with Crippen molar-refractivity contribution in [2.24, 2.45) is 5.10 Å². The second kappa shape index (κ2) is 11.9. The lowest BCUT2D eigenvalue weighted by Gasteiger charge is -2.10. The molecule has 0 atom stereocenters. The van der Waals surface area contributed by atoms with Gasteiger partial charge in [-0.1, -0.05) is 48.5 Å². The van der Waals surface area contributed by atoms with E-state index >= 15 is 0 Å². The molecule has 0 bridgehead atoms. The first-order valence-electron chi connectivity index (χ1n) is 10.8. The lowest BCUT2D eigenvalue weighted by Crippen LogP contribution is -2.19. The maximum absolute atomic E-state index is 12.7. The number of hydrogen-bond acceptors (Lipinski definition) is 6. The third-order valence-electron chi connectivity index (χ3n) is 4.91. The van der Waals surface area contributed by atoms with Crippen molar-refractivity contribution >= 4 is 46.7 Å². The van der Waals surface area contributed by atoms with Gasteiger partial charge in [-0.3, -0.25) is 4.79 Å². The maximum Gasteiger partial charge on any atom is 0.343 e. The molecule has 0 aliphatic carbocycles. The van der Waals surface area contributed by atoms with Crippen LogP contribution < -0.4 is 14.9 Å². The van der Waals surface area contributed by atoms with Gasteiger partial charge < -0.3 is 9.47 Å². The van der Waals surface area contributed by atoms with Gasteiger partial charge >= 0.3 is 11.9 Å². The molecule has 8 heteroatoms. The summed E-state index contributed by atoms with van der Waals surface area (Å²) in [5, 5.41) is 4.01. The molecule has 0 aliphatic rings. The molecule has 0 fully saturated rings. The number of amides is 1. The summed E-state index contributed by atoms with van der Waals surface area (Å²) < 4.78 is 11.8. The van der Waals surface area contributed by atoms with Crippen molar-refractivity contribution < 1.29 is 23.9 Å². The quantitative estimate of drug-likeness (QED) is 0.101. The first-order chi connectivity index (χ1) is 17.5. The van der Waals surface area contributed by atoms with Gasteiger partial charge in [-0.05, 0) is 71.1 Å². The number of nitrogens with one attached hydrogen (secondary N) is 1. The molecule has 4 aromatic carbocycles. The summed E-state index contributed by atoms with van der Waals surface area (Å²) in [7, 11) is 0. The van der Waals surface area contributed by atoms with Crippen LogP contribution in [0.2, 0.25) is 0 Å². The topological polar surface area (TPSA) is 94.1 Å². The zero-order valence-electron chi connectivity index (χ0n) is 18.8. The van der Waals surface area contributed by atoms with Gasteiger partial charge in [0, 0.05) is 15.2 Å². The molecule has 0 aliphatic heterocycles. The summed E-state index contributed by atoms with van der Waals surface area (Å²) >= 11 is 2.07. The number of nitrogens with zero attached hydrogens (tertiary/aromatic N) is 1. The molecule has 36 heavy (non-hydrogen) atoms. The number of ether oxygens (including phenoxy) is 2. The predicted octanol–water partition coefficient (Wildman–Crippen LogP) is 5.49. The number of halogens is 1. The Balaban J connectivity index is 1.56. The molecule has 4 aromatic rings. The number of esters is 2. The third kappa shape index (κ3) is 6.42. The van der Waals surface area contributed by atoms with E-state index in [0.29, 0.717) is 22.3 Å². The van der Waals surface area contributed by atoms with E-state index in [1.807, 2.05) is 12.1 Å². The molecule has 1 N–H and O–H groups in total. The Hall–Kier alpha value is -4.31. The first kappa shape index (κ1) is 24.8. The minimum Gasteiger partial charge on any atom is -0.423 e. The van der Waals surface area contributed by atoms with Gasteiger partial charge in [0.25, 0.3) is 5.91 Å². The fourth-order valence-corrected chi connectivity index (χ4v) is 3.74. The van der Waals surface area contributed by atoms with E-state index in [9.17, 15) is 14.4 Å². The number of hydrazone groups is 1. The molecule has 0 aromatic heterocycles. The molecule has 178 valence electrons. The van der Waals surface area contributed by atoms with E-state index in [1.54, 1.807) is 84.9 Å². The minimum atomic E-state index is -0.598. The van der Waals surface area contributed by atoms with Crippen LogP contribution in [-0.4, -0.2) is 24.1 Å². The molecular formula is C28H19IN2O5. The van der Waals surface area contributed by atoms with E-state index in [0.717, 1.165) is 3.57 Å². The Bertz CT molecular complexity index is 1420. The molecule has 4 rings (SSSR count). The van der Waals surface area contributed by atoms with Crippen LogP contribution in [-0.2, 0) is 0 Å². The molecule has 0 spiro atoms. The van der Waals surface area contributed by atoms with Crippen molar-refractivity contribution in [2.75, 3.05) is 0 Å². The average Bonchev–Trinajstić information content (AvgIpc) is 2.91. The molecule has 0 saturated carbocycles. The average molecular weight is 590 g/mol. The van der Waals surface area contributed by atoms with Crippen molar-refractivity contribution in [3.8, 4) is 11.5 Å². The summed E-state index contributed by atoms with van der Waals surface area (Å²) in [5.74, 6) is -1.25. The smallest absolute Gasteiger partial charge is 0.343 e. The van der Waals surface area contributed by atoms with Crippen LogP contribution >= 0.6 is 22.6 Å². The van der Waals surface area contributed by atoms with E-state index < -0.39 is 11.9 Å². The van der Waals surface area contributed by atoms with Crippen LogP contribution in [0, 0.1) is 3.57 Å². The number of rotatable bonds is 7. The number of benzene rings is 4. The van der Waals surface area contributed by atoms with Gasteiger partial charge in [0.1, 0.15) is 11.5 Å². The van der Waals surface area contributed by atoms with Gasteiger partial charge in [-0.15, -0.1) is 0 Å². The van der Waals surface area contributed by atoms with Crippen molar-refractivity contribution in [1.82, 2.24) is 5.43 Å². The van der Waals surface area contributed by atoms with Gasteiger partial charge in [0.2, 0.25) is 0 Å². The number of hydrogen-bond donors (Lipinski definition) is 1. The molecule has 1 amide bonds. The number of carbonyl (C=O) groups excluding carboxylic acids is 3. The molecule has 0 saturated heterocycles. The van der Waals surface area contributed by atoms with Gasteiger partial charge in [0.05, 0.1) is 22.9 Å². The van der Waals surface area contributed by atoms with Crippen LogP contribution in [0.5, 0.6) is 11.5 Å². The van der Waals surface area contributed by atoms with Crippen LogP contribution in [0.15, 0.2) is 108 Å². The largest absolute Gasteiger partial charge is 0.423 e. The highest BCUT2D eigenvalue weighted by Crippen LogP contribution is 2.26. The third-order valence-corrected chi connectivity index (χ3v) is 5.85. The highest BCUT2D eigenvalue weighted by atomic mass is 127. The normalized spacial score (nSPS) is 10.6. The Labute approximate surface area is 220 Å². The van der Waals surface area contributed by atoms with Crippen LogP contribution in [0.1, 0.15) is 36.6 Å². The summed E-state index contributed by atoms with van der Waals surface area (Å²) in [6, 6.07) is 28.6. The number of carbonyl (C=O) groups is 3. The molecular weight excluding hydrogens is 571 g/mol. The standard InChI is InChI=1S/C28H19IN2O5/c29-24-14-8-7-13-23(24)26(32)31-30-18-21-15-16-22(35-27(33)19-9-3-1-4-10-19)17-25(21)36-28(34)20-11-5-2-6-12-20/h1-18H,(H,31,32)/b30-18-. The van der Waals surface area contributed by atoms with Crippen LogP contribution in [0.4, 0.5) is 0 Å². The lowest BCUT2D eigenvalue weighted by molar-refractivity contribution is 0.0732. The Morgan fingerprint density at radius 1 is 0.722 bits per heavy atom. The van der Waals surface area contributed by atoms with Gasteiger partial charge in [-0.25, -0.2) is 15.0 Å². The summed E-state index contributed by atoms with van der Waals surface area (Å²) in [5.41, 5.74) is 4.07. The highest BCUT2D eigenvalue weighted by molar-refractivity contribution is 14.1. The molecule has 0 heterocycles.